The highest BCUT2D eigenvalue weighted by molar-refractivity contribution is 5.98. The third-order valence-electron chi connectivity index (χ3n) is 6.71. The smallest absolute Gasteiger partial charge is 0.312 e. The van der Waals surface area contributed by atoms with Gasteiger partial charge in [0.05, 0.1) is 30.8 Å². The minimum atomic E-state index is -1.09. The fourth-order valence-corrected chi connectivity index (χ4v) is 5.49. The van der Waals surface area contributed by atoms with Gasteiger partial charge in [0.15, 0.2) is 0 Å². The van der Waals surface area contributed by atoms with Gasteiger partial charge in [-0.05, 0) is 47.0 Å². The number of carbonyl (C=O) groups is 3. The molecule has 2 amide bonds. The normalized spacial score (nSPS) is 40.0. The fraction of sp³-hybridized carbons (Fsp3) is 0.850. The van der Waals surface area contributed by atoms with Crippen molar-refractivity contribution in [1.29, 1.82) is 0 Å². The lowest BCUT2D eigenvalue weighted by Crippen LogP contribution is -2.58. The molecule has 3 heterocycles. The summed E-state index contributed by atoms with van der Waals surface area (Å²) in [6.45, 7) is 10.9. The second kappa shape index (κ2) is 6.99. The van der Waals surface area contributed by atoms with E-state index in [0.717, 1.165) is 0 Å². The van der Waals surface area contributed by atoms with Gasteiger partial charge in [-0.25, -0.2) is 0 Å². The van der Waals surface area contributed by atoms with Gasteiger partial charge in [-0.15, -0.1) is 0 Å². The summed E-state index contributed by atoms with van der Waals surface area (Å²) in [5.74, 6) is -2.67. The maximum Gasteiger partial charge on any atom is 0.312 e. The van der Waals surface area contributed by atoms with Crippen LogP contribution >= 0.6 is 0 Å². The molecule has 3 unspecified atom stereocenters. The van der Waals surface area contributed by atoms with Crippen molar-refractivity contribution in [2.24, 2.45) is 17.8 Å². The molecule has 0 aromatic rings. The summed E-state index contributed by atoms with van der Waals surface area (Å²) in [7, 11) is 0. The third kappa shape index (κ3) is 2.68. The molecule has 3 saturated heterocycles. The van der Waals surface area contributed by atoms with Crippen molar-refractivity contribution < 1.29 is 29.0 Å². The van der Waals surface area contributed by atoms with Crippen LogP contribution in [0.15, 0.2) is 0 Å². The van der Waals surface area contributed by atoms with Gasteiger partial charge in [0.25, 0.3) is 0 Å². The van der Waals surface area contributed by atoms with Crippen molar-refractivity contribution in [3.05, 3.63) is 0 Å². The van der Waals surface area contributed by atoms with Crippen LogP contribution in [0.25, 0.3) is 0 Å². The molecule has 3 aliphatic heterocycles. The molecule has 7 atom stereocenters. The summed E-state index contributed by atoms with van der Waals surface area (Å²) < 4.78 is 11.8. The lowest BCUT2D eigenvalue weighted by atomic mass is 9.62. The van der Waals surface area contributed by atoms with Crippen LogP contribution in [0.2, 0.25) is 0 Å². The molecule has 0 aliphatic carbocycles. The number of rotatable bonds is 6. The maximum absolute atomic E-state index is 13.5. The summed E-state index contributed by atoms with van der Waals surface area (Å²) in [4.78, 5) is 40.9. The Hall–Kier alpha value is -1.67. The number of esters is 1. The highest BCUT2D eigenvalue weighted by atomic mass is 16.6. The molecule has 2 N–H and O–H groups in total. The highest BCUT2D eigenvalue weighted by Crippen LogP contribution is 2.65. The largest absolute Gasteiger partial charge is 0.466 e. The number of hydrogen-bond acceptors (Lipinski definition) is 6. The Bertz CT molecular complexity index is 682. The van der Waals surface area contributed by atoms with Crippen LogP contribution < -0.4 is 5.32 Å². The van der Waals surface area contributed by atoms with E-state index in [2.05, 4.69) is 5.32 Å². The standard InChI is InChI=1S/C20H32N2O6/c1-7-27-18(26)14-13-17(25)22(12(5)9-23)15(16(24)21-10(2)3)20(13)8-11(4)19(14,6)28-20/h10-15,23H,7-9H2,1-6H3,(H,21,24)/t11?,12-,13+,14-,15?,19+,20?/m1/s1. The molecule has 0 aromatic carbocycles. The van der Waals surface area contributed by atoms with E-state index in [4.69, 9.17) is 9.47 Å². The van der Waals surface area contributed by atoms with Gasteiger partial charge in [-0.3, -0.25) is 14.4 Å². The van der Waals surface area contributed by atoms with E-state index in [1.54, 1.807) is 13.8 Å². The van der Waals surface area contributed by atoms with Crippen molar-refractivity contribution >= 4 is 17.8 Å². The van der Waals surface area contributed by atoms with Crippen LogP contribution in [-0.4, -0.2) is 70.3 Å². The van der Waals surface area contributed by atoms with Crippen molar-refractivity contribution in [2.45, 2.75) is 77.3 Å². The van der Waals surface area contributed by atoms with Crippen LogP contribution in [0.4, 0.5) is 0 Å². The van der Waals surface area contributed by atoms with E-state index >= 15 is 0 Å². The first kappa shape index (κ1) is 21.0. The van der Waals surface area contributed by atoms with Crippen molar-refractivity contribution in [2.75, 3.05) is 13.2 Å². The SMILES string of the molecule is CCOC(=O)[C@H]1[C@H]2C(=O)N([C@H](C)CO)C(C(=O)NC(C)C)C23CC(C)[C@]1(C)O3. The van der Waals surface area contributed by atoms with Crippen molar-refractivity contribution in [1.82, 2.24) is 10.2 Å². The first-order valence-electron chi connectivity index (χ1n) is 10.1. The molecule has 2 bridgehead atoms. The molecule has 3 rings (SSSR count). The summed E-state index contributed by atoms with van der Waals surface area (Å²) in [6, 6.07) is -1.57. The number of nitrogens with zero attached hydrogens (tertiary/aromatic N) is 1. The van der Waals surface area contributed by atoms with Crippen LogP contribution in [0.1, 0.15) is 48.0 Å². The molecule has 3 fully saturated rings. The first-order valence-corrected chi connectivity index (χ1v) is 10.1. The van der Waals surface area contributed by atoms with E-state index in [-0.39, 0.29) is 37.0 Å². The van der Waals surface area contributed by atoms with E-state index in [9.17, 15) is 19.5 Å². The molecule has 0 aromatic heterocycles. The lowest BCUT2D eigenvalue weighted by molar-refractivity contribution is -0.162. The quantitative estimate of drug-likeness (QED) is 0.632. The minimum absolute atomic E-state index is 0.0234. The number of hydrogen-bond donors (Lipinski definition) is 2. The molecule has 0 radical (unpaired) electrons. The Morgan fingerprint density at radius 3 is 2.57 bits per heavy atom. The molecular weight excluding hydrogens is 364 g/mol. The van der Waals surface area contributed by atoms with Crippen LogP contribution in [-0.2, 0) is 23.9 Å². The van der Waals surface area contributed by atoms with Gasteiger partial charge in [-0.1, -0.05) is 6.92 Å². The average molecular weight is 396 g/mol. The van der Waals surface area contributed by atoms with Gasteiger partial charge in [-0.2, -0.15) is 0 Å². The molecular formula is C20H32N2O6. The third-order valence-corrected chi connectivity index (χ3v) is 6.71. The summed E-state index contributed by atoms with van der Waals surface area (Å²) in [5, 5.41) is 12.6. The Labute approximate surface area is 165 Å². The fourth-order valence-electron chi connectivity index (χ4n) is 5.49. The highest BCUT2D eigenvalue weighted by Gasteiger charge is 2.80. The Kier molecular flexibility index (Phi) is 5.25. The van der Waals surface area contributed by atoms with Crippen LogP contribution in [0.5, 0.6) is 0 Å². The monoisotopic (exact) mass is 396 g/mol. The molecule has 3 aliphatic rings. The van der Waals surface area contributed by atoms with Gasteiger partial charge in [0.1, 0.15) is 17.6 Å². The van der Waals surface area contributed by atoms with Gasteiger partial charge < -0.3 is 24.8 Å². The van der Waals surface area contributed by atoms with Crippen molar-refractivity contribution in [3.63, 3.8) is 0 Å². The second-order valence-corrected chi connectivity index (χ2v) is 8.90. The number of aliphatic hydroxyl groups is 1. The Balaban J connectivity index is 2.12. The lowest BCUT2D eigenvalue weighted by Gasteiger charge is -2.36. The molecule has 28 heavy (non-hydrogen) atoms. The Morgan fingerprint density at radius 2 is 2.04 bits per heavy atom. The zero-order valence-corrected chi connectivity index (χ0v) is 17.5. The molecule has 1 spiro atoms. The van der Waals surface area contributed by atoms with Crippen LogP contribution in [0.3, 0.4) is 0 Å². The second-order valence-electron chi connectivity index (χ2n) is 8.90. The average Bonchev–Trinajstić information content (AvgIpc) is 3.11. The molecule has 8 heteroatoms. The number of ether oxygens (including phenoxy) is 2. The van der Waals surface area contributed by atoms with Crippen LogP contribution in [0, 0.1) is 17.8 Å². The van der Waals surface area contributed by atoms with Crippen molar-refractivity contribution in [3.8, 4) is 0 Å². The van der Waals surface area contributed by atoms with E-state index in [0.29, 0.717) is 6.42 Å². The number of likely N-dealkylation sites (tertiary alicyclic amines) is 1. The topological polar surface area (TPSA) is 105 Å². The van der Waals surface area contributed by atoms with Gasteiger partial charge in [0, 0.05) is 6.04 Å². The number of fused-ring (bicyclic) bond motifs is 1. The number of carbonyl (C=O) groups excluding carboxylic acids is 3. The first-order chi connectivity index (χ1) is 13.0. The molecule has 0 saturated carbocycles. The molecule has 158 valence electrons. The number of aliphatic hydroxyl groups excluding tert-OH is 1. The zero-order chi connectivity index (χ0) is 21.0. The summed E-state index contributed by atoms with van der Waals surface area (Å²) in [6.07, 6.45) is 0.501. The number of amides is 2. The zero-order valence-electron chi connectivity index (χ0n) is 17.5. The van der Waals surface area contributed by atoms with Gasteiger partial charge >= 0.3 is 5.97 Å². The predicted octanol–water partition coefficient (Wildman–Crippen LogP) is 0.466. The summed E-state index contributed by atoms with van der Waals surface area (Å²) >= 11 is 0. The maximum atomic E-state index is 13.5. The van der Waals surface area contributed by atoms with Gasteiger partial charge in [0.2, 0.25) is 11.8 Å². The predicted molar refractivity (Wildman–Crippen MR) is 100 cm³/mol. The minimum Gasteiger partial charge on any atom is -0.466 e. The van der Waals surface area contributed by atoms with E-state index in [1.165, 1.54) is 4.90 Å². The molecule has 8 nitrogen and oxygen atoms in total. The summed E-state index contributed by atoms with van der Waals surface area (Å²) in [5.41, 5.74) is -1.96. The Morgan fingerprint density at radius 1 is 1.39 bits per heavy atom. The number of nitrogens with one attached hydrogen (secondary N) is 1. The van der Waals surface area contributed by atoms with E-state index < -0.39 is 41.1 Å². The van der Waals surface area contributed by atoms with E-state index in [1.807, 2.05) is 27.7 Å².